The first-order valence-electron chi connectivity index (χ1n) is 4.83. The van der Waals surface area contributed by atoms with Crippen LogP contribution >= 0.6 is 12.6 Å². The molecule has 0 fully saturated rings. The molecular formula is C12H11NOS. The normalized spacial score (nSPS) is 12.7. The lowest BCUT2D eigenvalue weighted by Gasteiger charge is -2.00. The van der Waals surface area contributed by atoms with Gasteiger partial charge in [0.15, 0.2) is 0 Å². The zero-order valence-electron chi connectivity index (χ0n) is 8.21. The highest BCUT2D eigenvalue weighted by Gasteiger charge is 2.19. The Kier molecular flexibility index (Phi) is 2.98. The second kappa shape index (κ2) is 4.41. The van der Waals surface area contributed by atoms with Gasteiger partial charge < -0.3 is 5.32 Å². The molecule has 76 valence electrons. The molecule has 1 aromatic carbocycles. The molecule has 1 heterocycles. The number of amides is 1. The van der Waals surface area contributed by atoms with Crippen LogP contribution in [-0.2, 0) is 11.2 Å². The van der Waals surface area contributed by atoms with Gasteiger partial charge in [-0.3, -0.25) is 4.79 Å². The fourth-order valence-corrected chi connectivity index (χ4v) is 1.68. The lowest BCUT2D eigenvalue weighted by atomic mass is 10.1. The van der Waals surface area contributed by atoms with E-state index in [0.29, 0.717) is 6.42 Å². The molecule has 1 amide bonds. The molecule has 15 heavy (non-hydrogen) atoms. The highest BCUT2D eigenvalue weighted by molar-refractivity contribution is 7.80. The van der Waals surface area contributed by atoms with Crippen LogP contribution in [0.4, 0.5) is 5.69 Å². The first-order chi connectivity index (χ1) is 7.31. The van der Waals surface area contributed by atoms with Crippen molar-refractivity contribution >= 4 is 24.2 Å². The van der Waals surface area contributed by atoms with Crippen LogP contribution in [0.2, 0.25) is 0 Å². The van der Waals surface area contributed by atoms with E-state index in [-0.39, 0.29) is 5.91 Å². The number of fused-ring (bicyclic) bond motifs is 1. The van der Waals surface area contributed by atoms with Crippen molar-refractivity contribution in [1.82, 2.24) is 0 Å². The molecule has 0 bridgehead atoms. The summed E-state index contributed by atoms with van der Waals surface area (Å²) in [6, 6.07) is 5.82. The van der Waals surface area contributed by atoms with E-state index in [2.05, 4.69) is 29.8 Å². The lowest BCUT2D eigenvalue weighted by molar-refractivity contribution is -0.115. The topological polar surface area (TPSA) is 29.1 Å². The van der Waals surface area contributed by atoms with Crippen molar-refractivity contribution in [2.75, 3.05) is 11.1 Å². The quantitative estimate of drug-likeness (QED) is 0.545. The number of carbonyl (C=O) groups excluding carboxylic acids is 1. The number of carbonyl (C=O) groups is 1. The van der Waals surface area contributed by atoms with Crippen LogP contribution in [0.1, 0.15) is 17.5 Å². The zero-order chi connectivity index (χ0) is 10.7. The monoisotopic (exact) mass is 217 g/mol. The van der Waals surface area contributed by atoms with E-state index in [1.807, 2.05) is 18.2 Å². The van der Waals surface area contributed by atoms with Crippen molar-refractivity contribution in [3.63, 3.8) is 0 Å². The number of rotatable bonds is 1. The summed E-state index contributed by atoms with van der Waals surface area (Å²) >= 11 is 4.09. The van der Waals surface area contributed by atoms with Crippen LogP contribution < -0.4 is 5.32 Å². The molecule has 2 rings (SSSR count). The third-order valence-corrected chi connectivity index (χ3v) is 2.45. The molecule has 0 radical (unpaired) electrons. The molecule has 2 nitrogen and oxygen atoms in total. The van der Waals surface area contributed by atoms with Crippen molar-refractivity contribution < 1.29 is 4.79 Å². The fraction of sp³-hybridized carbons (Fsp3) is 0.250. The molecule has 0 spiro atoms. The van der Waals surface area contributed by atoms with Gasteiger partial charge in [-0.1, -0.05) is 24.0 Å². The third-order valence-electron chi connectivity index (χ3n) is 2.23. The molecule has 1 aliphatic heterocycles. The van der Waals surface area contributed by atoms with E-state index in [9.17, 15) is 4.79 Å². The minimum absolute atomic E-state index is 0.0495. The maximum absolute atomic E-state index is 11.2. The molecule has 0 saturated carbocycles. The van der Waals surface area contributed by atoms with Crippen LogP contribution in [0.15, 0.2) is 18.2 Å². The van der Waals surface area contributed by atoms with E-state index in [4.69, 9.17) is 0 Å². The molecule has 1 aliphatic rings. The Labute approximate surface area is 94.5 Å². The van der Waals surface area contributed by atoms with Gasteiger partial charge in [0, 0.05) is 17.7 Å². The average molecular weight is 217 g/mol. The van der Waals surface area contributed by atoms with Gasteiger partial charge in [-0.2, -0.15) is 12.6 Å². The first kappa shape index (κ1) is 10.1. The first-order valence-corrected chi connectivity index (χ1v) is 5.46. The summed E-state index contributed by atoms with van der Waals surface area (Å²) in [6.07, 6.45) is 1.23. The number of thiol groups is 1. The minimum atomic E-state index is 0.0495. The van der Waals surface area contributed by atoms with Crippen LogP contribution in [0.25, 0.3) is 0 Å². The number of para-hydroxylation sites is 1. The van der Waals surface area contributed by atoms with Crippen LogP contribution in [0, 0.1) is 11.8 Å². The highest BCUT2D eigenvalue weighted by Crippen LogP contribution is 2.26. The van der Waals surface area contributed by atoms with Crippen LogP contribution in [-0.4, -0.2) is 11.7 Å². The molecule has 0 unspecified atom stereocenters. The Morgan fingerprint density at radius 1 is 1.47 bits per heavy atom. The highest BCUT2D eigenvalue weighted by atomic mass is 32.1. The minimum Gasteiger partial charge on any atom is -0.324 e. The Balaban J connectivity index is 2.32. The van der Waals surface area contributed by atoms with Gasteiger partial charge in [0.1, 0.15) is 0 Å². The van der Waals surface area contributed by atoms with Gasteiger partial charge in [0.2, 0.25) is 5.91 Å². The molecule has 3 heteroatoms. The Morgan fingerprint density at radius 3 is 3.13 bits per heavy atom. The lowest BCUT2D eigenvalue weighted by Crippen LogP contribution is -2.04. The zero-order valence-corrected chi connectivity index (χ0v) is 9.10. The van der Waals surface area contributed by atoms with Gasteiger partial charge in [-0.15, -0.1) is 0 Å². The molecule has 0 saturated heterocycles. The summed E-state index contributed by atoms with van der Waals surface area (Å²) in [6.45, 7) is 0. The maximum atomic E-state index is 11.2. The summed E-state index contributed by atoms with van der Waals surface area (Å²) in [5, 5.41) is 2.83. The Hall–Kier alpha value is -1.40. The summed E-state index contributed by atoms with van der Waals surface area (Å²) in [5.41, 5.74) is 2.83. The largest absolute Gasteiger partial charge is 0.324 e. The summed E-state index contributed by atoms with van der Waals surface area (Å²) < 4.78 is 0. The van der Waals surface area contributed by atoms with E-state index in [1.54, 1.807) is 0 Å². The second-order valence-electron chi connectivity index (χ2n) is 3.34. The summed E-state index contributed by atoms with van der Waals surface area (Å²) in [5.74, 6) is 6.88. The van der Waals surface area contributed by atoms with Gasteiger partial charge in [-0.05, 0) is 11.6 Å². The fourth-order valence-electron chi connectivity index (χ4n) is 1.57. The number of anilines is 1. The van der Waals surface area contributed by atoms with Crippen LogP contribution in [0.3, 0.4) is 0 Å². The van der Waals surface area contributed by atoms with E-state index in [1.165, 1.54) is 0 Å². The molecule has 1 N–H and O–H groups in total. The van der Waals surface area contributed by atoms with Crippen molar-refractivity contribution in [1.29, 1.82) is 0 Å². The van der Waals surface area contributed by atoms with Gasteiger partial charge in [0.25, 0.3) is 0 Å². The summed E-state index contributed by atoms with van der Waals surface area (Å²) in [4.78, 5) is 11.2. The van der Waals surface area contributed by atoms with Crippen molar-refractivity contribution in [3.8, 4) is 11.8 Å². The number of hydrogen-bond acceptors (Lipinski definition) is 2. The van der Waals surface area contributed by atoms with Gasteiger partial charge in [0.05, 0.1) is 12.1 Å². The van der Waals surface area contributed by atoms with Crippen molar-refractivity contribution in [2.45, 2.75) is 12.8 Å². The maximum Gasteiger partial charge on any atom is 0.228 e. The van der Waals surface area contributed by atoms with Gasteiger partial charge in [-0.25, -0.2) is 0 Å². The summed E-state index contributed by atoms with van der Waals surface area (Å²) in [7, 11) is 0. The van der Waals surface area contributed by atoms with E-state index >= 15 is 0 Å². The van der Waals surface area contributed by atoms with E-state index < -0.39 is 0 Å². The number of hydrogen-bond donors (Lipinski definition) is 2. The third kappa shape index (κ3) is 2.16. The Bertz CT molecular complexity index is 456. The predicted molar refractivity (Wildman–Crippen MR) is 64.1 cm³/mol. The standard InChI is InChI=1S/C12H11NOS/c14-11-8-10-6-3-5-9(12(10)13-11)4-1-2-7-15/h3,5-6,15H,2,7-8H2,(H,13,14). The number of benzene rings is 1. The van der Waals surface area contributed by atoms with Crippen molar-refractivity contribution in [2.24, 2.45) is 0 Å². The number of nitrogens with one attached hydrogen (secondary N) is 1. The Morgan fingerprint density at radius 2 is 2.33 bits per heavy atom. The average Bonchev–Trinajstić information content (AvgIpc) is 2.59. The molecule has 0 atom stereocenters. The molecule has 1 aromatic rings. The molecule has 0 aromatic heterocycles. The SMILES string of the molecule is O=C1Cc2cccc(C#CCCS)c2N1. The second-order valence-corrected chi connectivity index (χ2v) is 3.79. The molecular weight excluding hydrogens is 206 g/mol. The predicted octanol–water partition coefficient (Wildman–Crippen LogP) is 1.85. The van der Waals surface area contributed by atoms with Gasteiger partial charge >= 0.3 is 0 Å². The van der Waals surface area contributed by atoms with Crippen molar-refractivity contribution in [3.05, 3.63) is 29.3 Å². The van der Waals surface area contributed by atoms with Crippen LogP contribution in [0.5, 0.6) is 0 Å². The smallest absolute Gasteiger partial charge is 0.228 e. The molecule has 0 aliphatic carbocycles. The van der Waals surface area contributed by atoms with E-state index in [0.717, 1.165) is 29.0 Å².